The number of anilines is 1. The van der Waals surface area contributed by atoms with Crippen LogP contribution in [-0.2, 0) is 4.79 Å². The fourth-order valence-electron chi connectivity index (χ4n) is 1.85. The topological polar surface area (TPSA) is 81.6 Å². The van der Waals surface area contributed by atoms with Gasteiger partial charge < -0.3 is 5.32 Å². The lowest BCUT2D eigenvalue weighted by Gasteiger charge is -2.23. The van der Waals surface area contributed by atoms with Crippen LogP contribution < -0.4 is 5.32 Å². The van der Waals surface area contributed by atoms with Gasteiger partial charge in [0.05, 0.1) is 6.07 Å². The average molecular weight is 190 g/mol. The molecule has 72 valence electrons. The Hall–Kier alpha value is -1.83. The summed E-state index contributed by atoms with van der Waals surface area (Å²) in [4.78, 5) is 11.4. The third kappa shape index (κ3) is 1.01. The Kier molecular flexibility index (Phi) is 1.78. The number of hydrogen-bond donors (Lipinski definition) is 2. The molecular formula is C9H10N4O. The zero-order chi connectivity index (χ0) is 10.3. The first-order chi connectivity index (χ1) is 6.65. The lowest BCUT2D eigenvalue weighted by atomic mass is 9.85. The van der Waals surface area contributed by atoms with Gasteiger partial charge in [-0.1, -0.05) is 6.92 Å². The molecule has 5 heteroatoms. The van der Waals surface area contributed by atoms with E-state index in [-0.39, 0.29) is 11.8 Å². The molecule has 0 bridgehead atoms. The maximum absolute atomic E-state index is 11.4. The van der Waals surface area contributed by atoms with E-state index in [9.17, 15) is 4.79 Å². The minimum atomic E-state index is -0.612. The molecule has 1 aromatic heterocycles. The molecule has 0 spiro atoms. The number of aromatic nitrogens is 2. The number of rotatable bonds is 0. The first kappa shape index (κ1) is 8.75. The number of amides is 1. The predicted molar refractivity (Wildman–Crippen MR) is 49.5 cm³/mol. The van der Waals surface area contributed by atoms with E-state index in [1.54, 1.807) is 0 Å². The molecule has 1 aromatic rings. The highest BCUT2D eigenvalue weighted by Crippen LogP contribution is 2.35. The van der Waals surface area contributed by atoms with Crippen LogP contribution in [0.15, 0.2) is 0 Å². The van der Waals surface area contributed by atoms with Crippen LogP contribution in [0, 0.1) is 24.2 Å². The zero-order valence-corrected chi connectivity index (χ0v) is 7.96. The lowest BCUT2D eigenvalue weighted by molar-refractivity contribution is -0.119. The van der Waals surface area contributed by atoms with Crippen molar-refractivity contribution >= 4 is 11.7 Å². The Morgan fingerprint density at radius 3 is 2.93 bits per heavy atom. The smallest absolute Gasteiger partial charge is 0.243 e. The molecule has 0 aromatic carbocycles. The van der Waals surface area contributed by atoms with Gasteiger partial charge in [-0.2, -0.15) is 10.4 Å². The quantitative estimate of drug-likeness (QED) is 0.638. The number of nitriles is 1. The van der Waals surface area contributed by atoms with Crippen LogP contribution in [0.3, 0.4) is 0 Å². The molecule has 2 heterocycles. The van der Waals surface area contributed by atoms with Crippen molar-refractivity contribution in [2.24, 2.45) is 5.92 Å². The monoisotopic (exact) mass is 190 g/mol. The third-order valence-electron chi connectivity index (χ3n) is 2.61. The van der Waals surface area contributed by atoms with Gasteiger partial charge in [-0.3, -0.25) is 9.89 Å². The van der Waals surface area contributed by atoms with Crippen molar-refractivity contribution in [3.63, 3.8) is 0 Å². The zero-order valence-electron chi connectivity index (χ0n) is 7.96. The molecule has 0 radical (unpaired) electrons. The number of nitrogens with zero attached hydrogens (tertiary/aromatic N) is 2. The van der Waals surface area contributed by atoms with Gasteiger partial charge in [0.25, 0.3) is 0 Å². The second-order valence-corrected chi connectivity index (χ2v) is 3.50. The van der Waals surface area contributed by atoms with Crippen molar-refractivity contribution in [3.05, 3.63) is 11.3 Å². The molecule has 1 aliphatic rings. The summed E-state index contributed by atoms with van der Waals surface area (Å²) in [5.74, 6) is -0.410. The summed E-state index contributed by atoms with van der Waals surface area (Å²) < 4.78 is 0. The molecule has 0 saturated carbocycles. The minimum Gasteiger partial charge on any atom is -0.308 e. The Labute approximate surface area is 81.1 Å². The molecule has 2 unspecified atom stereocenters. The van der Waals surface area contributed by atoms with E-state index in [1.165, 1.54) is 0 Å². The number of H-pyrrole nitrogens is 1. The Morgan fingerprint density at radius 2 is 2.29 bits per heavy atom. The number of aryl methyl sites for hydroxylation is 1. The summed E-state index contributed by atoms with van der Waals surface area (Å²) in [5, 5.41) is 18.2. The van der Waals surface area contributed by atoms with E-state index >= 15 is 0 Å². The third-order valence-corrected chi connectivity index (χ3v) is 2.61. The van der Waals surface area contributed by atoms with E-state index in [1.807, 2.05) is 19.9 Å². The van der Waals surface area contributed by atoms with Crippen LogP contribution in [0.2, 0.25) is 0 Å². The predicted octanol–water partition coefficient (Wildman–Crippen LogP) is 0.913. The molecule has 5 nitrogen and oxygen atoms in total. The molecule has 2 rings (SSSR count). The van der Waals surface area contributed by atoms with Crippen molar-refractivity contribution in [1.29, 1.82) is 5.26 Å². The number of carbonyl (C=O) groups excluding carboxylic acids is 1. The van der Waals surface area contributed by atoms with Crippen LogP contribution in [0.4, 0.5) is 5.82 Å². The molecule has 0 aliphatic carbocycles. The number of hydrogen-bond acceptors (Lipinski definition) is 3. The fraction of sp³-hybridized carbons (Fsp3) is 0.444. The normalized spacial score (nSPS) is 25.1. The van der Waals surface area contributed by atoms with Crippen molar-refractivity contribution in [2.45, 2.75) is 19.8 Å². The summed E-state index contributed by atoms with van der Waals surface area (Å²) in [6.45, 7) is 3.75. The number of fused-ring (bicyclic) bond motifs is 1. The van der Waals surface area contributed by atoms with Crippen LogP contribution in [0.25, 0.3) is 0 Å². The van der Waals surface area contributed by atoms with E-state index in [0.717, 1.165) is 11.3 Å². The largest absolute Gasteiger partial charge is 0.308 e. The summed E-state index contributed by atoms with van der Waals surface area (Å²) in [6.07, 6.45) is 0. The number of nitrogens with one attached hydrogen (secondary N) is 2. The first-order valence-electron chi connectivity index (χ1n) is 4.40. The second-order valence-electron chi connectivity index (χ2n) is 3.50. The van der Waals surface area contributed by atoms with Gasteiger partial charge >= 0.3 is 0 Å². The summed E-state index contributed by atoms with van der Waals surface area (Å²) in [5.41, 5.74) is 1.85. The van der Waals surface area contributed by atoms with Gasteiger partial charge in [-0.25, -0.2) is 0 Å². The van der Waals surface area contributed by atoms with E-state index in [4.69, 9.17) is 5.26 Å². The summed E-state index contributed by atoms with van der Waals surface area (Å²) >= 11 is 0. The van der Waals surface area contributed by atoms with Gasteiger partial charge in [-0.15, -0.1) is 0 Å². The number of aromatic amines is 1. The highest BCUT2D eigenvalue weighted by atomic mass is 16.2. The minimum absolute atomic E-state index is 0.0949. The molecule has 0 saturated heterocycles. The van der Waals surface area contributed by atoms with Gasteiger partial charge in [0.15, 0.2) is 5.82 Å². The number of carbonyl (C=O) groups is 1. The Morgan fingerprint density at radius 1 is 1.57 bits per heavy atom. The fourth-order valence-corrected chi connectivity index (χ4v) is 1.85. The Balaban J connectivity index is 2.52. The maximum Gasteiger partial charge on any atom is 0.243 e. The van der Waals surface area contributed by atoms with Crippen molar-refractivity contribution in [2.75, 3.05) is 5.32 Å². The van der Waals surface area contributed by atoms with E-state index in [0.29, 0.717) is 5.82 Å². The first-order valence-corrected chi connectivity index (χ1v) is 4.40. The standard InChI is InChI=1S/C9H10N4O/c1-4-6(3-10)9(14)11-8-7(4)5(2)12-13-8/h4,6H,1-2H3,(H2,11,12,13,14). The van der Waals surface area contributed by atoms with E-state index in [2.05, 4.69) is 15.5 Å². The van der Waals surface area contributed by atoms with Crippen molar-refractivity contribution in [1.82, 2.24) is 10.2 Å². The summed E-state index contributed by atoms with van der Waals surface area (Å²) in [6, 6.07) is 2.01. The Bertz CT molecular complexity index is 429. The van der Waals surface area contributed by atoms with Gasteiger partial charge in [0.1, 0.15) is 5.92 Å². The molecule has 14 heavy (non-hydrogen) atoms. The molecule has 1 amide bonds. The van der Waals surface area contributed by atoms with Gasteiger partial charge in [-0.05, 0) is 6.92 Å². The van der Waals surface area contributed by atoms with Crippen LogP contribution in [-0.4, -0.2) is 16.1 Å². The summed E-state index contributed by atoms with van der Waals surface area (Å²) in [7, 11) is 0. The molecule has 1 aliphatic heterocycles. The molecule has 2 atom stereocenters. The average Bonchev–Trinajstić information content (AvgIpc) is 2.48. The molecule has 2 N–H and O–H groups in total. The van der Waals surface area contributed by atoms with Gasteiger partial charge in [0.2, 0.25) is 5.91 Å². The lowest BCUT2D eigenvalue weighted by Crippen LogP contribution is -2.31. The van der Waals surface area contributed by atoms with Crippen molar-refractivity contribution in [3.8, 4) is 6.07 Å². The highest BCUT2D eigenvalue weighted by molar-refractivity contribution is 5.97. The van der Waals surface area contributed by atoms with Crippen LogP contribution in [0.1, 0.15) is 24.1 Å². The van der Waals surface area contributed by atoms with Crippen molar-refractivity contribution < 1.29 is 4.79 Å². The highest BCUT2D eigenvalue weighted by Gasteiger charge is 2.35. The van der Waals surface area contributed by atoms with Crippen LogP contribution in [0.5, 0.6) is 0 Å². The SMILES string of the molecule is Cc1[nH]nc2c1C(C)C(C#N)C(=O)N2. The van der Waals surface area contributed by atoms with E-state index < -0.39 is 5.92 Å². The van der Waals surface area contributed by atoms with Gasteiger partial charge in [0, 0.05) is 17.2 Å². The second kappa shape index (κ2) is 2.84. The van der Waals surface area contributed by atoms with Crippen LogP contribution >= 0.6 is 0 Å². The molecular weight excluding hydrogens is 180 g/mol. The maximum atomic E-state index is 11.4. The molecule has 0 fully saturated rings.